The highest BCUT2D eigenvalue weighted by atomic mass is 16.5. The number of hydrogen-bond acceptors (Lipinski definition) is 4. The average Bonchev–Trinajstić information content (AvgIpc) is 2.72. The van der Waals surface area contributed by atoms with Crippen molar-refractivity contribution in [2.75, 3.05) is 19.5 Å². The van der Waals surface area contributed by atoms with Crippen molar-refractivity contribution in [3.05, 3.63) is 90.0 Å². The second-order valence-electron chi connectivity index (χ2n) is 5.98. The Labute approximate surface area is 154 Å². The van der Waals surface area contributed by atoms with Gasteiger partial charge in [-0.15, -0.1) is 0 Å². The molecule has 2 unspecified atom stereocenters. The maximum atomic E-state index is 11.0. The van der Waals surface area contributed by atoms with Crippen LogP contribution in [0, 0.1) is 0 Å². The summed E-state index contributed by atoms with van der Waals surface area (Å²) < 4.78 is 10.4. The molecule has 2 N–H and O–H groups in total. The molecule has 3 aromatic carbocycles. The molecule has 134 valence electrons. The van der Waals surface area contributed by atoms with Crippen molar-refractivity contribution in [2.24, 2.45) is 0 Å². The number of rotatable bonds is 7. The lowest BCUT2D eigenvalue weighted by Gasteiger charge is -2.26. The molecule has 0 aromatic heterocycles. The Morgan fingerprint density at radius 2 is 1.23 bits per heavy atom. The monoisotopic (exact) mass is 349 g/mol. The van der Waals surface area contributed by atoms with Crippen LogP contribution in [0.15, 0.2) is 78.9 Å². The lowest BCUT2D eigenvalue weighted by molar-refractivity contribution is 0.155. The van der Waals surface area contributed by atoms with Gasteiger partial charge in [0.25, 0.3) is 0 Å². The van der Waals surface area contributed by atoms with E-state index in [1.807, 2.05) is 78.9 Å². The highest BCUT2D eigenvalue weighted by Crippen LogP contribution is 2.33. The van der Waals surface area contributed by atoms with Gasteiger partial charge in [-0.3, -0.25) is 0 Å². The summed E-state index contributed by atoms with van der Waals surface area (Å²) >= 11 is 0. The summed E-state index contributed by atoms with van der Waals surface area (Å²) in [7, 11) is 3.27. The summed E-state index contributed by atoms with van der Waals surface area (Å²) in [4.78, 5) is 0. The lowest BCUT2D eigenvalue weighted by Crippen LogP contribution is -2.19. The minimum Gasteiger partial charge on any atom is -0.497 e. The summed E-state index contributed by atoms with van der Waals surface area (Å²) in [5, 5.41) is 14.5. The fourth-order valence-electron chi connectivity index (χ4n) is 2.87. The van der Waals surface area contributed by atoms with Gasteiger partial charge in [0.1, 0.15) is 17.6 Å². The minimum atomic E-state index is -0.717. The molecule has 0 bridgehead atoms. The van der Waals surface area contributed by atoms with Crippen molar-refractivity contribution in [1.29, 1.82) is 0 Å². The number of nitrogens with one attached hydrogen (secondary N) is 1. The van der Waals surface area contributed by atoms with E-state index >= 15 is 0 Å². The summed E-state index contributed by atoms with van der Waals surface area (Å²) in [5.74, 6) is 1.56. The molecule has 0 amide bonds. The van der Waals surface area contributed by atoms with E-state index in [0.29, 0.717) is 0 Å². The van der Waals surface area contributed by atoms with Crippen LogP contribution in [0.5, 0.6) is 11.5 Å². The lowest BCUT2D eigenvalue weighted by atomic mass is 9.95. The van der Waals surface area contributed by atoms with Crippen LogP contribution in [0.25, 0.3) is 0 Å². The Kier molecular flexibility index (Phi) is 5.77. The highest BCUT2D eigenvalue weighted by Gasteiger charge is 2.22. The summed E-state index contributed by atoms with van der Waals surface area (Å²) in [5.41, 5.74) is 2.74. The van der Waals surface area contributed by atoms with Crippen LogP contribution in [0.1, 0.15) is 23.3 Å². The number of ether oxygens (including phenoxy) is 2. The Hall–Kier alpha value is -2.98. The van der Waals surface area contributed by atoms with Crippen molar-refractivity contribution >= 4 is 5.69 Å². The van der Waals surface area contributed by atoms with Crippen molar-refractivity contribution in [2.45, 2.75) is 12.1 Å². The summed E-state index contributed by atoms with van der Waals surface area (Å²) in [6.45, 7) is 0. The smallest absolute Gasteiger partial charge is 0.119 e. The number of aliphatic hydroxyl groups excluding tert-OH is 1. The van der Waals surface area contributed by atoms with Gasteiger partial charge < -0.3 is 19.9 Å². The molecule has 0 saturated carbocycles. The first-order chi connectivity index (χ1) is 12.7. The molecule has 0 fully saturated rings. The van der Waals surface area contributed by atoms with Crippen LogP contribution in [-0.4, -0.2) is 19.3 Å². The van der Waals surface area contributed by atoms with Crippen molar-refractivity contribution < 1.29 is 14.6 Å². The number of benzene rings is 3. The second kappa shape index (κ2) is 8.41. The molecule has 0 spiro atoms. The van der Waals surface area contributed by atoms with E-state index in [-0.39, 0.29) is 6.04 Å². The van der Waals surface area contributed by atoms with Gasteiger partial charge in [0.15, 0.2) is 0 Å². The average molecular weight is 349 g/mol. The third-order valence-electron chi connectivity index (χ3n) is 4.34. The van der Waals surface area contributed by atoms with E-state index in [1.54, 1.807) is 14.2 Å². The maximum Gasteiger partial charge on any atom is 0.119 e. The highest BCUT2D eigenvalue weighted by molar-refractivity contribution is 5.49. The van der Waals surface area contributed by atoms with Gasteiger partial charge in [-0.05, 0) is 47.5 Å². The van der Waals surface area contributed by atoms with Gasteiger partial charge >= 0.3 is 0 Å². The van der Waals surface area contributed by atoms with Crippen LogP contribution in [0.2, 0.25) is 0 Å². The summed E-state index contributed by atoms with van der Waals surface area (Å²) in [6.07, 6.45) is -0.717. The van der Waals surface area contributed by atoms with Gasteiger partial charge in [0, 0.05) is 5.69 Å². The normalized spacial score (nSPS) is 12.9. The number of aliphatic hydroxyl groups is 1. The fraction of sp³-hybridized carbons (Fsp3) is 0.182. The minimum absolute atomic E-state index is 0.294. The van der Waals surface area contributed by atoms with Crippen molar-refractivity contribution in [1.82, 2.24) is 0 Å². The van der Waals surface area contributed by atoms with Crippen molar-refractivity contribution in [3.8, 4) is 11.5 Å². The largest absolute Gasteiger partial charge is 0.497 e. The second-order valence-corrected chi connectivity index (χ2v) is 5.98. The third kappa shape index (κ3) is 4.16. The molecule has 3 rings (SSSR count). The molecule has 0 saturated heterocycles. The maximum absolute atomic E-state index is 11.0. The zero-order valence-electron chi connectivity index (χ0n) is 14.9. The molecule has 0 heterocycles. The Morgan fingerprint density at radius 1 is 0.692 bits per heavy atom. The molecule has 4 nitrogen and oxygen atoms in total. The van der Waals surface area contributed by atoms with Gasteiger partial charge in [-0.2, -0.15) is 0 Å². The SMILES string of the molecule is COc1ccc(NC(c2ccccc2)C(O)c2ccc(OC)cc2)cc1. The summed E-state index contributed by atoms with van der Waals surface area (Å²) in [6, 6.07) is 24.8. The van der Waals surface area contributed by atoms with Gasteiger partial charge in [0.2, 0.25) is 0 Å². The Bertz CT molecular complexity index is 801. The molecule has 0 radical (unpaired) electrons. The predicted molar refractivity (Wildman–Crippen MR) is 104 cm³/mol. The standard InChI is InChI=1S/C22H23NO3/c1-25-19-12-8-17(9-13-19)22(24)21(16-6-4-3-5-7-16)23-18-10-14-20(26-2)15-11-18/h3-15,21-24H,1-2H3. The topological polar surface area (TPSA) is 50.7 Å². The Balaban J connectivity index is 1.89. The predicted octanol–water partition coefficient (Wildman–Crippen LogP) is 4.59. The van der Waals surface area contributed by atoms with E-state index in [0.717, 1.165) is 28.3 Å². The molecule has 0 aliphatic carbocycles. The fourth-order valence-corrected chi connectivity index (χ4v) is 2.87. The Morgan fingerprint density at radius 3 is 1.77 bits per heavy atom. The molecular formula is C22H23NO3. The molecule has 0 aliphatic heterocycles. The zero-order chi connectivity index (χ0) is 18.4. The van der Waals surface area contributed by atoms with Crippen LogP contribution >= 0.6 is 0 Å². The number of anilines is 1. The van der Waals surface area contributed by atoms with Crippen LogP contribution in [0.3, 0.4) is 0 Å². The van der Waals surface area contributed by atoms with Gasteiger partial charge in [-0.1, -0.05) is 42.5 Å². The molecule has 4 heteroatoms. The first-order valence-corrected chi connectivity index (χ1v) is 8.49. The molecular weight excluding hydrogens is 326 g/mol. The van der Waals surface area contributed by atoms with E-state index in [2.05, 4.69) is 5.32 Å². The van der Waals surface area contributed by atoms with Gasteiger partial charge in [-0.25, -0.2) is 0 Å². The molecule has 3 aromatic rings. The third-order valence-corrected chi connectivity index (χ3v) is 4.34. The molecule has 26 heavy (non-hydrogen) atoms. The van der Waals surface area contributed by atoms with Gasteiger partial charge in [0.05, 0.1) is 20.3 Å². The molecule has 0 aliphatic rings. The van der Waals surface area contributed by atoms with E-state index in [9.17, 15) is 5.11 Å². The molecule has 2 atom stereocenters. The first-order valence-electron chi connectivity index (χ1n) is 8.49. The van der Waals surface area contributed by atoms with Crippen molar-refractivity contribution in [3.63, 3.8) is 0 Å². The quantitative estimate of drug-likeness (QED) is 0.655. The van der Waals surface area contributed by atoms with E-state index in [1.165, 1.54) is 0 Å². The first kappa shape index (κ1) is 17.8. The van der Waals surface area contributed by atoms with Crippen LogP contribution < -0.4 is 14.8 Å². The van der Waals surface area contributed by atoms with E-state index in [4.69, 9.17) is 9.47 Å². The van der Waals surface area contributed by atoms with Crippen LogP contribution in [-0.2, 0) is 0 Å². The zero-order valence-corrected chi connectivity index (χ0v) is 14.9. The number of methoxy groups -OCH3 is 2. The number of hydrogen-bond donors (Lipinski definition) is 2. The van der Waals surface area contributed by atoms with Crippen LogP contribution in [0.4, 0.5) is 5.69 Å². The van der Waals surface area contributed by atoms with E-state index < -0.39 is 6.10 Å².